The molecule has 0 radical (unpaired) electrons. The summed E-state index contributed by atoms with van der Waals surface area (Å²) in [6.45, 7) is 2.91. The van der Waals surface area contributed by atoms with Gasteiger partial charge in [0.25, 0.3) is 11.8 Å². The Balaban J connectivity index is 2.27. The number of halogens is 4. The highest BCUT2D eigenvalue weighted by atomic mass is 35.5. The molecule has 0 aliphatic carbocycles. The van der Waals surface area contributed by atoms with Crippen LogP contribution in [0.5, 0.6) is 0 Å². The second kappa shape index (κ2) is 5.18. The molecule has 0 saturated carbocycles. The predicted octanol–water partition coefficient (Wildman–Crippen LogP) is 3.56. The van der Waals surface area contributed by atoms with Gasteiger partial charge in [-0.3, -0.25) is 14.5 Å². The first-order valence-corrected chi connectivity index (χ1v) is 6.40. The van der Waals surface area contributed by atoms with Gasteiger partial charge >= 0.3 is 6.18 Å². The van der Waals surface area contributed by atoms with E-state index in [9.17, 15) is 22.8 Å². The van der Waals surface area contributed by atoms with Crippen LogP contribution < -0.4 is 0 Å². The molecule has 0 spiro atoms. The van der Waals surface area contributed by atoms with Gasteiger partial charge in [-0.25, -0.2) is 0 Å². The van der Waals surface area contributed by atoms with E-state index in [2.05, 4.69) is 0 Å². The van der Waals surface area contributed by atoms with Crippen molar-refractivity contribution in [3.8, 4) is 0 Å². The first kappa shape index (κ1) is 15.6. The van der Waals surface area contributed by atoms with Crippen LogP contribution in [0.15, 0.2) is 29.3 Å². The van der Waals surface area contributed by atoms with Crippen LogP contribution in [0.4, 0.5) is 13.2 Å². The summed E-state index contributed by atoms with van der Waals surface area (Å²) in [5.74, 6) is -0.901. The standard InChI is InChI=1S/C14H11ClF3NO2/c1-7-8(2)13(21)19(12(7)20)6-9-3-4-10(5-11(9)15)14(16,17)18/h3-5H,6H2,1-2H3. The number of benzene rings is 1. The van der Waals surface area contributed by atoms with E-state index in [1.165, 1.54) is 19.9 Å². The summed E-state index contributed by atoms with van der Waals surface area (Å²) >= 11 is 5.82. The van der Waals surface area contributed by atoms with Crippen molar-refractivity contribution in [3.05, 3.63) is 45.5 Å². The maximum absolute atomic E-state index is 12.5. The molecule has 0 unspecified atom stereocenters. The average Bonchev–Trinajstić information content (AvgIpc) is 2.57. The van der Waals surface area contributed by atoms with Crippen LogP contribution in [-0.4, -0.2) is 16.7 Å². The van der Waals surface area contributed by atoms with Gasteiger partial charge in [0, 0.05) is 16.2 Å². The van der Waals surface area contributed by atoms with Crippen LogP contribution >= 0.6 is 11.6 Å². The van der Waals surface area contributed by atoms with Crippen molar-refractivity contribution < 1.29 is 22.8 Å². The molecule has 2 amide bonds. The Morgan fingerprint density at radius 3 is 2.05 bits per heavy atom. The molecule has 7 heteroatoms. The first-order chi connectivity index (χ1) is 9.62. The van der Waals surface area contributed by atoms with E-state index in [0.29, 0.717) is 11.1 Å². The third kappa shape index (κ3) is 2.81. The summed E-state index contributed by atoms with van der Waals surface area (Å²) in [4.78, 5) is 24.8. The summed E-state index contributed by atoms with van der Waals surface area (Å²) in [7, 11) is 0. The third-order valence-electron chi connectivity index (χ3n) is 3.40. The molecule has 0 bridgehead atoms. The summed E-state index contributed by atoms with van der Waals surface area (Å²) in [5.41, 5.74) is 0.0840. The van der Waals surface area contributed by atoms with Crippen molar-refractivity contribution in [3.63, 3.8) is 0 Å². The third-order valence-corrected chi connectivity index (χ3v) is 3.76. The maximum atomic E-state index is 12.5. The summed E-state index contributed by atoms with van der Waals surface area (Å²) in [5, 5.41) is -0.132. The van der Waals surface area contributed by atoms with E-state index in [1.54, 1.807) is 0 Å². The summed E-state index contributed by atoms with van der Waals surface area (Å²) < 4.78 is 37.6. The number of carbonyl (C=O) groups is 2. The molecule has 1 aliphatic heterocycles. The number of nitrogens with zero attached hydrogens (tertiary/aromatic N) is 1. The van der Waals surface area contributed by atoms with Crippen molar-refractivity contribution in [2.75, 3.05) is 0 Å². The maximum Gasteiger partial charge on any atom is 0.416 e. The molecular weight excluding hydrogens is 307 g/mol. The molecule has 0 atom stereocenters. The van der Waals surface area contributed by atoms with Gasteiger partial charge in [-0.05, 0) is 31.5 Å². The Bertz CT molecular complexity index is 641. The quantitative estimate of drug-likeness (QED) is 0.782. The number of carbonyl (C=O) groups excluding carboxylic acids is 2. The Hall–Kier alpha value is -1.82. The fourth-order valence-electron chi connectivity index (χ4n) is 1.98. The Morgan fingerprint density at radius 1 is 1.10 bits per heavy atom. The lowest BCUT2D eigenvalue weighted by atomic mass is 10.1. The Morgan fingerprint density at radius 2 is 1.62 bits per heavy atom. The number of hydrogen-bond acceptors (Lipinski definition) is 2. The number of amides is 2. The molecule has 112 valence electrons. The van der Waals surface area contributed by atoms with E-state index in [-0.39, 0.29) is 17.1 Å². The van der Waals surface area contributed by atoms with E-state index >= 15 is 0 Å². The molecule has 0 fully saturated rings. The van der Waals surface area contributed by atoms with E-state index in [4.69, 9.17) is 11.6 Å². The number of imide groups is 1. The zero-order valence-electron chi connectivity index (χ0n) is 11.2. The largest absolute Gasteiger partial charge is 0.416 e. The molecule has 0 aromatic heterocycles. The predicted molar refractivity (Wildman–Crippen MR) is 70.4 cm³/mol. The molecule has 0 N–H and O–H groups in total. The highest BCUT2D eigenvalue weighted by Crippen LogP contribution is 2.33. The molecule has 21 heavy (non-hydrogen) atoms. The monoisotopic (exact) mass is 317 g/mol. The van der Waals surface area contributed by atoms with Crippen molar-refractivity contribution in [2.24, 2.45) is 0 Å². The van der Waals surface area contributed by atoms with E-state index < -0.39 is 23.6 Å². The average molecular weight is 318 g/mol. The molecule has 1 aromatic carbocycles. The number of rotatable bonds is 2. The van der Waals surface area contributed by atoms with Crippen LogP contribution in [-0.2, 0) is 22.3 Å². The lowest BCUT2D eigenvalue weighted by Gasteiger charge is -2.16. The van der Waals surface area contributed by atoms with E-state index in [1.807, 2.05) is 0 Å². The van der Waals surface area contributed by atoms with Gasteiger partial charge < -0.3 is 0 Å². The van der Waals surface area contributed by atoms with Gasteiger partial charge in [-0.1, -0.05) is 17.7 Å². The highest BCUT2D eigenvalue weighted by molar-refractivity contribution is 6.31. The van der Waals surface area contributed by atoms with Gasteiger partial charge in [0.2, 0.25) is 0 Å². The molecule has 2 rings (SSSR count). The molecule has 1 heterocycles. The second-order valence-corrected chi connectivity index (χ2v) is 5.16. The molecule has 1 aliphatic rings. The van der Waals surface area contributed by atoms with Crippen molar-refractivity contribution in [1.29, 1.82) is 0 Å². The molecule has 1 aromatic rings. The van der Waals surface area contributed by atoms with Gasteiger partial charge in [-0.15, -0.1) is 0 Å². The highest BCUT2D eigenvalue weighted by Gasteiger charge is 2.34. The van der Waals surface area contributed by atoms with Crippen LogP contribution in [0.2, 0.25) is 5.02 Å². The summed E-state index contributed by atoms with van der Waals surface area (Å²) in [6, 6.07) is 2.84. The first-order valence-electron chi connectivity index (χ1n) is 6.02. The van der Waals surface area contributed by atoms with Gasteiger partial charge in [0.05, 0.1) is 12.1 Å². The van der Waals surface area contributed by atoms with Crippen LogP contribution in [0.1, 0.15) is 25.0 Å². The van der Waals surface area contributed by atoms with Crippen molar-refractivity contribution >= 4 is 23.4 Å². The molecule has 0 saturated heterocycles. The minimum atomic E-state index is -4.49. The Kier molecular flexibility index (Phi) is 3.84. The SMILES string of the molecule is CC1=C(C)C(=O)N(Cc2ccc(C(F)(F)F)cc2Cl)C1=O. The van der Waals surface area contributed by atoms with Gasteiger partial charge in [0.1, 0.15) is 0 Å². The normalized spacial score (nSPS) is 16.2. The fraction of sp³-hybridized carbons (Fsp3) is 0.286. The lowest BCUT2D eigenvalue weighted by molar-refractivity contribution is -0.139. The van der Waals surface area contributed by atoms with Crippen LogP contribution in [0, 0.1) is 0 Å². The summed E-state index contributed by atoms with van der Waals surface area (Å²) in [6.07, 6.45) is -4.49. The number of alkyl halides is 3. The molecule has 3 nitrogen and oxygen atoms in total. The van der Waals surface area contributed by atoms with Crippen LogP contribution in [0.3, 0.4) is 0 Å². The zero-order valence-corrected chi connectivity index (χ0v) is 12.0. The fourth-order valence-corrected chi connectivity index (χ4v) is 2.22. The van der Waals surface area contributed by atoms with Crippen molar-refractivity contribution in [2.45, 2.75) is 26.6 Å². The minimum absolute atomic E-state index is 0.132. The zero-order chi connectivity index (χ0) is 15.9. The smallest absolute Gasteiger partial charge is 0.270 e. The second-order valence-electron chi connectivity index (χ2n) is 4.75. The van der Waals surface area contributed by atoms with Crippen molar-refractivity contribution in [1.82, 2.24) is 4.90 Å². The van der Waals surface area contributed by atoms with E-state index in [0.717, 1.165) is 17.0 Å². The topological polar surface area (TPSA) is 37.4 Å². The molecular formula is C14H11ClF3NO2. The number of hydrogen-bond donors (Lipinski definition) is 0. The lowest BCUT2D eigenvalue weighted by Crippen LogP contribution is -2.31. The van der Waals surface area contributed by atoms with Gasteiger partial charge in [0.15, 0.2) is 0 Å². The van der Waals surface area contributed by atoms with Crippen LogP contribution in [0.25, 0.3) is 0 Å². The van der Waals surface area contributed by atoms with Gasteiger partial charge in [-0.2, -0.15) is 13.2 Å². The minimum Gasteiger partial charge on any atom is -0.270 e. The Labute approximate surface area is 124 Å².